The zero-order valence-electron chi connectivity index (χ0n) is 11.1. The van der Waals surface area contributed by atoms with Crippen LogP contribution in [0.4, 0.5) is 0 Å². The highest BCUT2D eigenvalue weighted by Crippen LogP contribution is 2.32. The number of fused-ring (bicyclic) bond motifs is 1. The highest BCUT2D eigenvalue weighted by molar-refractivity contribution is 6.30. The minimum Gasteiger partial charge on any atom is -0.493 e. The molecule has 0 aliphatic rings. The molecule has 0 fully saturated rings. The first kappa shape index (κ1) is 12.8. The van der Waals surface area contributed by atoms with E-state index in [0.29, 0.717) is 16.5 Å². The lowest BCUT2D eigenvalue weighted by Gasteiger charge is -2.08. The maximum absolute atomic E-state index is 5.97. The molecular formula is C15H13ClN2O2. The molecule has 3 aromatic rings. The van der Waals surface area contributed by atoms with Gasteiger partial charge in [-0.15, -0.1) is 0 Å². The lowest BCUT2D eigenvalue weighted by molar-refractivity contribution is 0.355. The molecule has 0 unspecified atom stereocenters. The van der Waals surface area contributed by atoms with Crippen LogP contribution in [0.1, 0.15) is 0 Å². The molecule has 0 saturated carbocycles. The summed E-state index contributed by atoms with van der Waals surface area (Å²) in [6.45, 7) is 0. The third-order valence-corrected chi connectivity index (χ3v) is 3.34. The molecule has 0 bridgehead atoms. The second kappa shape index (κ2) is 5.06. The van der Waals surface area contributed by atoms with E-state index in [4.69, 9.17) is 21.1 Å². The monoisotopic (exact) mass is 288 g/mol. The molecule has 0 N–H and O–H groups in total. The fourth-order valence-corrected chi connectivity index (χ4v) is 2.25. The van der Waals surface area contributed by atoms with Crippen molar-refractivity contribution in [1.82, 2.24) is 9.38 Å². The SMILES string of the molecule is COc1ccc(-c2cn3ccc(Cl)cc3n2)cc1OC. The second-order valence-corrected chi connectivity index (χ2v) is 4.74. The Labute approximate surface area is 121 Å². The summed E-state index contributed by atoms with van der Waals surface area (Å²) in [5, 5.41) is 0.668. The predicted octanol–water partition coefficient (Wildman–Crippen LogP) is 3.67. The molecule has 0 atom stereocenters. The number of benzene rings is 1. The van der Waals surface area contributed by atoms with E-state index in [1.165, 1.54) is 0 Å². The lowest BCUT2D eigenvalue weighted by atomic mass is 10.1. The quantitative estimate of drug-likeness (QED) is 0.738. The Morgan fingerprint density at radius 3 is 2.60 bits per heavy atom. The zero-order valence-corrected chi connectivity index (χ0v) is 11.9. The number of hydrogen-bond acceptors (Lipinski definition) is 3. The van der Waals surface area contributed by atoms with Crippen LogP contribution in [0, 0.1) is 0 Å². The molecule has 102 valence electrons. The van der Waals surface area contributed by atoms with Gasteiger partial charge in [-0.1, -0.05) is 11.6 Å². The maximum atomic E-state index is 5.97. The summed E-state index contributed by atoms with van der Waals surface area (Å²) in [4.78, 5) is 4.56. The summed E-state index contributed by atoms with van der Waals surface area (Å²) in [5.41, 5.74) is 2.62. The average Bonchev–Trinajstić information content (AvgIpc) is 2.89. The van der Waals surface area contributed by atoms with Gasteiger partial charge in [-0.05, 0) is 24.3 Å². The topological polar surface area (TPSA) is 35.8 Å². The van der Waals surface area contributed by atoms with Crippen LogP contribution in [0.5, 0.6) is 11.5 Å². The van der Waals surface area contributed by atoms with Gasteiger partial charge in [0.1, 0.15) is 5.65 Å². The van der Waals surface area contributed by atoms with Crippen molar-refractivity contribution in [2.24, 2.45) is 0 Å². The molecule has 20 heavy (non-hydrogen) atoms. The molecule has 0 amide bonds. The van der Waals surface area contributed by atoms with E-state index in [2.05, 4.69) is 4.98 Å². The van der Waals surface area contributed by atoms with Gasteiger partial charge in [0.25, 0.3) is 0 Å². The van der Waals surface area contributed by atoms with Crippen LogP contribution < -0.4 is 9.47 Å². The van der Waals surface area contributed by atoms with Gasteiger partial charge in [0.05, 0.1) is 19.9 Å². The van der Waals surface area contributed by atoms with Gasteiger partial charge >= 0.3 is 0 Å². The predicted molar refractivity (Wildman–Crippen MR) is 78.7 cm³/mol. The van der Waals surface area contributed by atoms with Crippen LogP contribution in [0.25, 0.3) is 16.9 Å². The number of aromatic nitrogens is 2. The van der Waals surface area contributed by atoms with Crippen molar-refractivity contribution in [1.29, 1.82) is 0 Å². The van der Waals surface area contributed by atoms with E-state index in [1.54, 1.807) is 14.2 Å². The largest absolute Gasteiger partial charge is 0.493 e. The summed E-state index contributed by atoms with van der Waals surface area (Å²) >= 11 is 5.97. The number of hydrogen-bond donors (Lipinski definition) is 0. The molecule has 4 nitrogen and oxygen atoms in total. The van der Waals surface area contributed by atoms with E-state index in [9.17, 15) is 0 Å². The van der Waals surface area contributed by atoms with Gasteiger partial charge in [0, 0.05) is 29.0 Å². The molecule has 0 aliphatic heterocycles. The zero-order chi connectivity index (χ0) is 14.1. The first-order valence-corrected chi connectivity index (χ1v) is 6.45. The Morgan fingerprint density at radius 2 is 1.85 bits per heavy atom. The van der Waals surface area contributed by atoms with Gasteiger partial charge in [-0.2, -0.15) is 0 Å². The van der Waals surface area contributed by atoms with Crippen molar-refractivity contribution >= 4 is 17.2 Å². The molecule has 5 heteroatoms. The van der Waals surface area contributed by atoms with Gasteiger partial charge < -0.3 is 13.9 Å². The van der Waals surface area contributed by atoms with Crippen molar-refractivity contribution in [2.75, 3.05) is 14.2 Å². The van der Waals surface area contributed by atoms with E-state index < -0.39 is 0 Å². The molecule has 0 saturated heterocycles. The van der Waals surface area contributed by atoms with Crippen LogP contribution in [-0.2, 0) is 0 Å². The highest BCUT2D eigenvalue weighted by Gasteiger charge is 2.09. The van der Waals surface area contributed by atoms with Gasteiger partial charge in [0.2, 0.25) is 0 Å². The van der Waals surface area contributed by atoms with E-state index >= 15 is 0 Å². The summed E-state index contributed by atoms with van der Waals surface area (Å²) in [7, 11) is 3.23. The molecule has 2 heterocycles. The number of imidazole rings is 1. The first-order chi connectivity index (χ1) is 9.71. The van der Waals surface area contributed by atoms with Crippen molar-refractivity contribution < 1.29 is 9.47 Å². The van der Waals surface area contributed by atoms with Crippen LogP contribution in [0.15, 0.2) is 42.7 Å². The molecule has 3 rings (SSSR count). The number of pyridine rings is 1. The third kappa shape index (κ3) is 2.18. The number of halogens is 1. The number of methoxy groups -OCH3 is 2. The summed E-state index contributed by atoms with van der Waals surface area (Å²) < 4.78 is 12.5. The molecule has 0 aliphatic carbocycles. The standard InChI is InChI=1S/C15H13ClN2O2/c1-19-13-4-3-10(7-14(13)20-2)12-9-18-6-5-11(16)8-15(18)17-12/h3-9H,1-2H3. The van der Waals surface area contributed by atoms with E-state index in [0.717, 1.165) is 16.9 Å². The van der Waals surface area contributed by atoms with Crippen LogP contribution in [0.3, 0.4) is 0 Å². The Morgan fingerprint density at radius 1 is 1.05 bits per heavy atom. The Kier molecular flexibility index (Phi) is 3.24. The number of rotatable bonds is 3. The van der Waals surface area contributed by atoms with Crippen LogP contribution in [0.2, 0.25) is 5.02 Å². The third-order valence-electron chi connectivity index (χ3n) is 3.10. The van der Waals surface area contributed by atoms with Gasteiger partial charge in [0.15, 0.2) is 11.5 Å². The Hall–Kier alpha value is -2.20. The smallest absolute Gasteiger partial charge is 0.161 e. The molecule has 0 radical (unpaired) electrons. The maximum Gasteiger partial charge on any atom is 0.161 e. The van der Waals surface area contributed by atoms with Crippen molar-refractivity contribution in [3.8, 4) is 22.8 Å². The fraction of sp³-hybridized carbons (Fsp3) is 0.133. The minimum atomic E-state index is 0.668. The Bertz CT molecular complexity index is 768. The van der Waals surface area contributed by atoms with Crippen molar-refractivity contribution in [3.63, 3.8) is 0 Å². The molecular weight excluding hydrogens is 276 g/mol. The summed E-state index contributed by atoms with van der Waals surface area (Å²) in [6.07, 6.45) is 3.84. The molecule has 2 aromatic heterocycles. The van der Waals surface area contributed by atoms with Gasteiger partial charge in [-0.3, -0.25) is 0 Å². The number of nitrogens with zero attached hydrogens (tertiary/aromatic N) is 2. The molecule has 1 aromatic carbocycles. The minimum absolute atomic E-state index is 0.668. The van der Waals surface area contributed by atoms with Crippen molar-refractivity contribution in [3.05, 3.63) is 47.7 Å². The average molecular weight is 289 g/mol. The normalized spacial score (nSPS) is 10.8. The lowest BCUT2D eigenvalue weighted by Crippen LogP contribution is -1.90. The second-order valence-electron chi connectivity index (χ2n) is 4.31. The van der Waals surface area contributed by atoms with E-state index in [-0.39, 0.29) is 0 Å². The van der Waals surface area contributed by atoms with Gasteiger partial charge in [-0.25, -0.2) is 4.98 Å². The van der Waals surface area contributed by atoms with Crippen LogP contribution in [-0.4, -0.2) is 23.6 Å². The van der Waals surface area contributed by atoms with E-state index in [1.807, 2.05) is 47.1 Å². The molecule has 0 spiro atoms. The first-order valence-electron chi connectivity index (χ1n) is 6.08. The fourth-order valence-electron chi connectivity index (χ4n) is 2.09. The summed E-state index contributed by atoms with van der Waals surface area (Å²) in [5.74, 6) is 1.38. The Balaban J connectivity index is 2.10. The highest BCUT2D eigenvalue weighted by atomic mass is 35.5. The summed E-state index contributed by atoms with van der Waals surface area (Å²) in [6, 6.07) is 9.37. The van der Waals surface area contributed by atoms with Crippen molar-refractivity contribution in [2.45, 2.75) is 0 Å². The van der Waals surface area contributed by atoms with Crippen LogP contribution >= 0.6 is 11.6 Å². The number of ether oxygens (including phenoxy) is 2.